The summed E-state index contributed by atoms with van der Waals surface area (Å²) in [6.45, 7) is 8.21. The molecular formula is C17H21N3S. The van der Waals surface area contributed by atoms with E-state index in [1.807, 2.05) is 22.2 Å². The maximum Gasteiger partial charge on any atom is 0.0676 e. The number of rotatable bonds is 5. The number of hydrogen-bond acceptors (Lipinski definition) is 3. The molecule has 2 heterocycles. The van der Waals surface area contributed by atoms with Crippen LogP contribution in [0, 0.1) is 6.92 Å². The van der Waals surface area contributed by atoms with E-state index in [-0.39, 0.29) is 0 Å². The van der Waals surface area contributed by atoms with E-state index >= 15 is 0 Å². The van der Waals surface area contributed by atoms with Crippen LogP contribution < -0.4 is 5.32 Å². The predicted octanol–water partition coefficient (Wildman–Crippen LogP) is 3.95. The van der Waals surface area contributed by atoms with E-state index in [9.17, 15) is 0 Å². The standard InChI is InChI=1S/C17H21N3S/c1-12(2)18-9-17-15(11-20-10-13(3)8-19-20)14-6-4-5-7-16(14)21-17/h4-8,10,12,18H,9,11H2,1-3H3. The lowest BCUT2D eigenvalue weighted by molar-refractivity contribution is 0.588. The SMILES string of the molecule is Cc1cnn(Cc2c(CNC(C)C)sc3ccccc23)c1. The lowest BCUT2D eigenvalue weighted by Crippen LogP contribution is -2.22. The largest absolute Gasteiger partial charge is 0.310 e. The normalized spacial score (nSPS) is 11.6. The van der Waals surface area contributed by atoms with E-state index < -0.39 is 0 Å². The summed E-state index contributed by atoms with van der Waals surface area (Å²) in [6, 6.07) is 9.15. The van der Waals surface area contributed by atoms with Crippen molar-refractivity contribution in [1.29, 1.82) is 0 Å². The number of aromatic nitrogens is 2. The molecule has 0 bridgehead atoms. The van der Waals surface area contributed by atoms with E-state index in [1.165, 1.54) is 26.1 Å². The van der Waals surface area contributed by atoms with Crippen molar-refractivity contribution in [2.45, 2.75) is 39.9 Å². The van der Waals surface area contributed by atoms with Crippen molar-refractivity contribution < 1.29 is 0 Å². The van der Waals surface area contributed by atoms with Crippen molar-refractivity contribution >= 4 is 21.4 Å². The third-order valence-corrected chi connectivity index (χ3v) is 4.75. The van der Waals surface area contributed by atoms with Gasteiger partial charge in [-0.15, -0.1) is 11.3 Å². The molecule has 0 atom stereocenters. The van der Waals surface area contributed by atoms with Gasteiger partial charge in [0.15, 0.2) is 0 Å². The van der Waals surface area contributed by atoms with Gasteiger partial charge in [0.2, 0.25) is 0 Å². The highest BCUT2D eigenvalue weighted by Crippen LogP contribution is 2.32. The zero-order valence-corrected chi connectivity index (χ0v) is 13.6. The Hall–Kier alpha value is -1.65. The van der Waals surface area contributed by atoms with E-state index in [2.05, 4.69) is 61.6 Å². The third-order valence-electron chi connectivity index (χ3n) is 3.54. The molecule has 0 aliphatic rings. The van der Waals surface area contributed by atoms with Crippen LogP contribution >= 0.6 is 11.3 Å². The highest BCUT2D eigenvalue weighted by atomic mass is 32.1. The average Bonchev–Trinajstić information content (AvgIpc) is 3.01. The zero-order chi connectivity index (χ0) is 14.8. The molecule has 21 heavy (non-hydrogen) atoms. The molecule has 4 heteroatoms. The van der Waals surface area contributed by atoms with Gasteiger partial charge in [0.25, 0.3) is 0 Å². The zero-order valence-electron chi connectivity index (χ0n) is 12.8. The number of nitrogens with zero attached hydrogens (tertiary/aromatic N) is 2. The minimum absolute atomic E-state index is 0.495. The summed E-state index contributed by atoms with van der Waals surface area (Å²) >= 11 is 1.89. The summed E-state index contributed by atoms with van der Waals surface area (Å²) in [7, 11) is 0. The van der Waals surface area contributed by atoms with Gasteiger partial charge < -0.3 is 5.32 Å². The molecular weight excluding hydrogens is 278 g/mol. The van der Waals surface area contributed by atoms with Crippen LogP contribution in [0.2, 0.25) is 0 Å². The Bertz CT molecular complexity index is 739. The van der Waals surface area contributed by atoms with Crippen molar-refractivity contribution in [2.24, 2.45) is 0 Å². The minimum Gasteiger partial charge on any atom is -0.310 e. The number of fused-ring (bicyclic) bond motifs is 1. The van der Waals surface area contributed by atoms with Gasteiger partial charge in [0.1, 0.15) is 0 Å². The summed E-state index contributed by atoms with van der Waals surface area (Å²) in [6.07, 6.45) is 4.02. The quantitative estimate of drug-likeness (QED) is 0.773. The van der Waals surface area contributed by atoms with E-state index in [4.69, 9.17) is 0 Å². The minimum atomic E-state index is 0.495. The molecule has 0 radical (unpaired) electrons. The molecule has 110 valence electrons. The van der Waals surface area contributed by atoms with Crippen molar-refractivity contribution in [3.05, 3.63) is 52.7 Å². The summed E-state index contributed by atoms with van der Waals surface area (Å²) in [5.74, 6) is 0. The first-order valence-corrected chi connectivity index (χ1v) is 8.17. The lowest BCUT2D eigenvalue weighted by atomic mass is 10.1. The highest BCUT2D eigenvalue weighted by molar-refractivity contribution is 7.19. The van der Waals surface area contributed by atoms with Crippen LogP contribution in [0.25, 0.3) is 10.1 Å². The van der Waals surface area contributed by atoms with Gasteiger partial charge in [-0.2, -0.15) is 5.10 Å². The molecule has 3 nitrogen and oxygen atoms in total. The molecule has 1 N–H and O–H groups in total. The lowest BCUT2D eigenvalue weighted by Gasteiger charge is -2.09. The monoisotopic (exact) mass is 299 g/mol. The van der Waals surface area contributed by atoms with Crippen LogP contribution in [0.3, 0.4) is 0 Å². The number of aryl methyl sites for hydroxylation is 1. The highest BCUT2D eigenvalue weighted by Gasteiger charge is 2.13. The Kier molecular flexibility index (Phi) is 4.08. The molecule has 0 saturated carbocycles. The summed E-state index contributed by atoms with van der Waals surface area (Å²) in [4.78, 5) is 1.41. The molecule has 0 aliphatic carbocycles. The maximum atomic E-state index is 4.43. The number of thiophene rings is 1. The number of nitrogens with one attached hydrogen (secondary N) is 1. The Morgan fingerprint density at radius 1 is 1.29 bits per heavy atom. The van der Waals surface area contributed by atoms with Crippen LogP contribution in [-0.4, -0.2) is 15.8 Å². The van der Waals surface area contributed by atoms with Crippen LogP contribution in [0.4, 0.5) is 0 Å². The molecule has 0 saturated heterocycles. The second-order valence-electron chi connectivity index (χ2n) is 5.75. The maximum absolute atomic E-state index is 4.43. The Balaban J connectivity index is 1.98. The second kappa shape index (κ2) is 6.00. The molecule has 3 aromatic rings. The first kappa shape index (κ1) is 14.3. The predicted molar refractivity (Wildman–Crippen MR) is 89.9 cm³/mol. The van der Waals surface area contributed by atoms with Crippen LogP contribution in [0.1, 0.15) is 29.9 Å². The first-order valence-electron chi connectivity index (χ1n) is 7.35. The fraction of sp³-hybridized carbons (Fsp3) is 0.353. The van der Waals surface area contributed by atoms with Crippen LogP contribution in [0.5, 0.6) is 0 Å². The van der Waals surface area contributed by atoms with Gasteiger partial charge in [-0.05, 0) is 29.5 Å². The van der Waals surface area contributed by atoms with Crippen molar-refractivity contribution in [3.63, 3.8) is 0 Å². The van der Waals surface area contributed by atoms with E-state index in [0.29, 0.717) is 6.04 Å². The fourth-order valence-electron chi connectivity index (χ4n) is 2.48. The van der Waals surface area contributed by atoms with Crippen LogP contribution in [-0.2, 0) is 13.1 Å². The van der Waals surface area contributed by atoms with Crippen molar-refractivity contribution in [1.82, 2.24) is 15.1 Å². The van der Waals surface area contributed by atoms with Gasteiger partial charge in [-0.25, -0.2) is 0 Å². The molecule has 0 amide bonds. The van der Waals surface area contributed by atoms with Crippen LogP contribution in [0.15, 0.2) is 36.7 Å². The third kappa shape index (κ3) is 3.17. The molecule has 0 aliphatic heterocycles. The Morgan fingerprint density at radius 3 is 2.81 bits per heavy atom. The number of benzene rings is 1. The second-order valence-corrected chi connectivity index (χ2v) is 6.89. The molecule has 0 spiro atoms. The average molecular weight is 299 g/mol. The first-order chi connectivity index (χ1) is 10.1. The summed E-state index contributed by atoms with van der Waals surface area (Å²) in [5, 5.41) is 9.33. The fourth-order valence-corrected chi connectivity index (χ4v) is 3.64. The van der Waals surface area contributed by atoms with Gasteiger partial charge in [-0.3, -0.25) is 4.68 Å². The smallest absolute Gasteiger partial charge is 0.0676 e. The topological polar surface area (TPSA) is 29.9 Å². The van der Waals surface area contributed by atoms with E-state index in [0.717, 1.165) is 13.1 Å². The molecule has 2 aromatic heterocycles. The molecule has 1 aromatic carbocycles. The van der Waals surface area contributed by atoms with Gasteiger partial charge >= 0.3 is 0 Å². The molecule has 3 rings (SSSR count). The Morgan fingerprint density at radius 2 is 2.10 bits per heavy atom. The van der Waals surface area contributed by atoms with Gasteiger partial charge in [-0.1, -0.05) is 32.0 Å². The van der Waals surface area contributed by atoms with Gasteiger partial charge in [0, 0.05) is 28.4 Å². The Labute approximate surface area is 129 Å². The van der Waals surface area contributed by atoms with Crippen molar-refractivity contribution in [2.75, 3.05) is 0 Å². The molecule has 0 unspecified atom stereocenters. The number of hydrogen-bond donors (Lipinski definition) is 1. The van der Waals surface area contributed by atoms with Gasteiger partial charge in [0.05, 0.1) is 12.7 Å². The van der Waals surface area contributed by atoms with E-state index in [1.54, 1.807) is 0 Å². The molecule has 0 fully saturated rings. The summed E-state index contributed by atoms with van der Waals surface area (Å²) in [5.41, 5.74) is 2.60. The summed E-state index contributed by atoms with van der Waals surface area (Å²) < 4.78 is 3.39. The van der Waals surface area contributed by atoms with Crippen molar-refractivity contribution in [3.8, 4) is 0 Å².